The Balaban J connectivity index is 1.96. The second kappa shape index (κ2) is 6.13. The Morgan fingerprint density at radius 2 is 1.83 bits per heavy atom. The molecular formula is C18H19N3O2S. The summed E-state index contributed by atoms with van der Waals surface area (Å²) in [6.45, 7) is 5.59. The molecule has 0 atom stereocenters. The molecule has 2 aromatic carbocycles. The third kappa shape index (κ3) is 3.19. The van der Waals surface area contributed by atoms with Crippen LogP contribution < -0.4 is 4.72 Å². The minimum Gasteiger partial charge on any atom is -0.348 e. The number of aromatic nitrogens is 2. The molecule has 3 rings (SSSR count). The Morgan fingerprint density at radius 3 is 2.54 bits per heavy atom. The number of aromatic amines is 1. The highest BCUT2D eigenvalue weighted by molar-refractivity contribution is 7.92. The largest absolute Gasteiger partial charge is 0.348 e. The van der Waals surface area contributed by atoms with Gasteiger partial charge in [0.15, 0.2) is 0 Å². The maximum atomic E-state index is 12.7. The van der Waals surface area contributed by atoms with Crippen molar-refractivity contribution in [2.24, 2.45) is 0 Å². The van der Waals surface area contributed by atoms with Crippen LogP contribution in [0.3, 0.4) is 0 Å². The topological polar surface area (TPSA) is 74.8 Å². The van der Waals surface area contributed by atoms with Crippen LogP contribution in [-0.2, 0) is 10.0 Å². The van der Waals surface area contributed by atoms with Gasteiger partial charge in [-0.2, -0.15) is 0 Å². The monoisotopic (exact) mass is 341 g/mol. The second-order valence-corrected chi connectivity index (χ2v) is 7.48. The summed E-state index contributed by atoms with van der Waals surface area (Å²) in [5.41, 5.74) is 4.73. The van der Waals surface area contributed by atoms with Crippen molar-refractivity contribution in [2.75, 3.05) is 4.72 Å². The average molecular weight is 341 g/mol. The molecule has 0 radical (unpaired) electrons. The molecule has 0 aliphatic heterocycles. The highest BCUT2D eigenvalue weighted by Crippen LogP contribution is 2.25. The Morgan fingerprint density at radius 1 is 1.04 bits per heavy atom. The van der Waals surface area contributed by atoms with Crippen LogP contribution in [0.1, 0.15) is 16.8 Å². The lowest BCUT2D eigenvalue weighted by Gasteiger charge is -2.12. The second-order valence-electron chi connectivity index (χ2n) is 5.83. The quantitative estimate of drug-likeness (QED) is 0.758. The number of aryl methyl sites for hydroxylation is 3. The minimum atomic E-state index is -3.64. The summed E-state index contributed by atoms with van der Waals surface area (Å²) < 4.78 is 28.1. The van der Waals surface area contributed by atoms with Gasteiger partial charge in [0.25, 0.3) is 10.0 Å². The third-order valence-corrected chi connectivity index (χ3v) is 5.37. The van der Waals surface area contributed by atoms with Crippen molar-refractivity contribution in [1.82, 2.24) is 9.97 Å². The van der Waals surface area contributed by atoms with Gasteiger partial charge in [-0.3, -0.25) is 4.72 Å². The van der Waals surface area contributed by atoms with Gasteiger partial charge in [-0.05, 0) is 50.1 Å². The molecule has 0 spiro atoms. The van der Waals surface area contributed by atoms with Crippen LogP contribution >= 0.6 is 0 Å². The van der Waals surface area contributed by atoms with Gasteiger partial charge < -0.3 is 4.98 Å². The molecule has 0 saturated heterocycles. The molecule has 0 unspecified atom stereocenters. The molecular weight excluding hydrogens is 322 g/mol. The standard InChI is InChI=1S/C18H19N3O2S/c1-12-7-8-13(2)17(9-12)24(22,23)21-16-6-4-5-15(10-16)18-14(3)19-11-20-18/h4-11,21H,1-3H3,(H,19,20). The molecule has 3 aromatic rings. The van der Waals surface area contributed by atoms with Gasteiger partial charge in [0.05, 0.1) is 16.9 Å². The SMILES string of the molecule is Cc1ccc(C)c(S(=O)(=O)Nc2cccc(-c3nc[nH]c3C)c2)c1. The number of rotatable bonds is 4. The number of H-pyrrole nitrogens is 1. The van der Waals surface area contributed by atoms with Crippen LogP contribution in [0.25, 0.3) is 11.3 Å². The molecule has 2 N–H and O–H groups in total. The van der Waals surface area contributed by atoms with Gasteiger partial charge in [0.1, 0.15) is 0 Å². The van der Waals surface area contributed by atoms with E-state index < -0.39 is 10.0 Å². The molecule has 0 aliphatic rings. The van der Waals surface area contributed by atoms with Crippen LogP contribution in [0.4, 0.5) is 5.69 Å². The zero-order valence-electron chi connectivity index (χ0n) is 13.8. The number of nitrogens with zero attached hydrogens (tertiary/aromatic N) is 1. The van der Waals surface area contributed by atoms with E-state index in [0.717, 1.165) is 22.5 Å². The van der Waals surface area contributed by atoms with E-state index in [0.29, 0.717) is 16.1 Å². The van der Waals surface area contributed by atoms with E-state index in [9.17, 15) is 8.42 Å². The zero-order chi connectivity index (χ0) is 17.3. The smallest absolute Gasteiger partial charge is 0.262 e. The van der Waals surface area contributed by atoms with Crippen molar-refractivity contribution in [2.45, 2.75) is 25.7 Å². The molecule has 24 heavy (non-hydrogen) atoms. The molecule has 5 nitrogen and oxygen atoms in total. The third-order valence-electron chi connectivity index (χ3n) is 3.85. The van der Waals surface area contributed by atoms with E-state index in [1.165, 1.54) is 0 Å². The van der Waals surface area contributed by atoms with E-state index in [4.69, 9.17) is 0 Å². The number of hydrogen-bond acceptors (Lipinski definition) is 3. The molecule has 0 bridgehead atoms. The first-order valence-corrected chi connectivity index (χ1v) is 9.05. The number of imidazole rings is 1. The Bertz CT molecular complexity index is 991. The van der Waals surface area contributed by atoms with Crippen molar-refractivity contribution in [3.63, 3.8) is 0 Å². The summed E-state index contributed by atoms with van der Waals surface area (Å²) >= 11 is 0. The van der Waals surface area contributed by atoms with Crippen LogP contribution in [0.15, 0.2) is 53.7 Å². The van der Waals surface area contributed by atoms with E-state index >= 15 is 0 Å². The lowest BCUT2D eigenvalue weighted by atomic mass is 10.1. The van der Waals surface area contributed by atoms with Crippen LogP contribution in [0.5, 0.6) is 0 Å². The predicted molar refractivity (Wildman–Crippen MR) is 95.5 cm³/mol. The van der Waals surface area contributed by atoms with Crippen molar-refractivity contribution in [1.29, 1.82) is 0 Å². The Kier molecular flexibility index (Phi) is 4.15. The maximum Gasteiger partial charge on any atom is 0.262 e. The summed E-state index contributed by atoms with van der Waals surface area (Å²) in [6.07, 6.45) is 1.62. The van der Waals surface area contributed by atoms with Crippen molar-refractivity contribution < 1.29 is 8.42 Å². The normalized spacial score (nSPS) is 11.5. The van der Waals surface area contributed by atoms with Crippen molar-refractivity contribution >= 4 is 15.7 Å². The average Bonchev–Trinajstić information content (AvgIpc) is 2.95. The molecule has 0 fully saturated rings. The number of benzene rings is 2. The highest BCUT2D eigenvalue weighted by Gasteiger charge is 2.17. The van der Waals surface area contributed by atoms with Gasteiger partial charge in [0.2, 0.25) is 0 Å². The summed E-state index contributed by atoms with van der Waals surface area (Å²) in [4.78, 5) is 7.59. The van der Waals surface area contributed by atoms with E-state index in [1.807, 2.05) is 38.1 Å². The predicted octanol–water partition coefficient (Wildman–Crippen LogP) is 3.80. The molecule has 6 heteroatoms. The first-order chi connectivity index (χ1) is 11.4. The molecule has 0 saturated carbocycles. The zero-order valence-corrected chi connectivity index (χ0v) is 14.6. The fraction of sp³-hybridized carbons (Fsp3) is 0.167. The van der Waals surface area contributed by atoms with E-state index in [-0.39, 0.29) is 0 Å². The number of sulfonamides is 1. The van der Waals surface area contributed by atoms with Gasteiger partial charge in [0, 0.05) is 16.9 Å². The minimum absolute atomic E-state index is 0.295. The van der Waals surface area contributed by atoms with Crippen molar-refractivity contribution in [3.8, 4) is 11.3 Å². The van der Waals surface area contributed by atoms with Crippen LogP contribution in [-0.4, -0.2) is 18.4 Å². The lowest BCUT2D eigenvalue weighted by Crippen LogP contribution is -2.14. The molecule has 1 heterocycles. The number of anilines is 1. The Labute approximate surface area is 141 Å². The summed E-state index contributed by atoms with van der Waals surface area (Å²) in [6, 6.07) is 12.6. The fourth-order valence-corrected chi connectivity index (χ4v) is 3.97. The first kappa shape index (κ1) is 16.3. The Hall–Kier alpha value is -2.60. The molecule has 0 aliphatic carbocycles. The van der Waals surface area contributed by atoms with Gasteiger partial charge in [-0.25, -0.2) is 13.4 Å². The summed E-state index contributed by atoms with van der Waals surface area (Å²) in [7, 11) is -3.64. The summed E-state index contributed by atoms with van der Waals surface area (Å²) in [5, 5.41) is 0. The highest BCUT2D eigenvalue weighted by atomic mass is 32.2. The van der Waals surface area contributed by atoms with Gasteiger partial charge in [-0.1, -0.05) is 24.3 Å². The first-order valence-electron chi connectivity index (χ1n) is 7.57. The van der Waals surface area contributed by atoms with Gasteiger partial charge in [-0.15, -0.1) is 0 Å². The molecule has 124 valence electrons. The molecule has 0 amide bonds. The maximum absolute atomic E-state index is 12.7. The number of hydrogen-bond donors (Lipinski definition) is 2. The lowest BCUT2D eigenvalue weighted by molar-refractivity contribution is 0.600. The van der Waals surface area contributed by atoms with E-state index in [1.54, 1.807) is 31.5 Å². The summed E-state index contributed by atoms with van der Waals surface area (Å²) in [5.74, 6) is 0. The van der Waals surface area contributed by atoms with Crippen molar-refractivity contribution in [3.05, 3.63) is 65.6 Å². The fourth-order valence-electron chi connectivity index (χ4n) is 2.59. The van der Waals surface area contributed by atoms with Crippen LogP contribution in [0.2, 0.25) is 0 Å². The number of nitrogens with one attached hydrogen (secondary N) is 2. The van der Waals surface area contributed by atoms with Gasteiger partial charge >= 0.3 is 0 Å². The van der Waals surface area contributed by atoms with Crippen LogP contribution in [0, 0.1) is 20.8 Å². The van der Waals surface area contributed by atoms with E-state index in [2.05, 4.69) is 14.7 Å². The molecule has 1 aromatic heterocycles.